The lowest BCUT2D eigenvalue weighted by molar-refractivity contribution is 0.627. The smallest absolute Gasteiger partial charge is 0.209 e. The molecule has 106 valence electrons. The van der Waals surface area contributed by atoms with E-state index in [1.165, 1.54) is 23.9 Å². The molecule has 0 amide bonds. The van der Waals surface area contributed by atoms with Crippen LogP contribution >= 0.6 is 23.4 Å². The SMILES string of the molecule is CSc1nc(-c2ccc(Cl)cc2)n(-c2ccc(F)cc2)n1. The number of rotatable bonds is 3. The molecule has 0 spiro atoms. The molecule has 3 nitrogen and oxygen atoms in total. The predicted molar refractivity (Wildman–Crippen MR) is 83.5 cm³/mol. The normalized spacial score (nSPS) is 10.8. The minimum Gasteiger partial charge on any atom is -0.212 e. The monoisotopic (exact) mass is 319 g/mol. The molecule has 0 aliphatic heterocycles. The zero-order valence-corrected chi connectivity index (χ0v) is 12.7. The van der Waals surface area contributed by atoms with Crippen LogP contribution in [0.15, 0.2) is 53.7 Å². The molecule has 3 aromatic rings. The highest BCUT2D eigenvalue weighted by molar-refractivity contribution is 7.98. The maximum atomic E-state index is 13.1. The molecule has 1 aromatic heterocycles. The van der Waals surface area contributed by atoms with E-state index in [0.29, 0.717) is 16.0 Å². The van der Waals surface area contributed by atoms with Crippen LogP contribution < -0.4 is 0 Å². The van der Waals surface area contributed by atoms with E-state index in [9.17, 15) is 4.39 Å². The lowest BCUT2D eigenvalue weighted by atomic mass is 10.2. The van der Waals surface area contributed by atoms with Crippen molar-refractivity contribution in [3.63, 3.8) is 0 Å². The van der Waals surface area contributed by atoms with Gasteiger partial charge in [0.15, 0.2) is 5.82 Å². The van der Waals surface area contributed by atoms with Crippen LogP contribution in [0, 0.1) is 5.82 Å². The minimum atomic E-state index is -0.281. The highest BCUT2D eigenvalue weighted by atomic mass is 35.5. The maximum absolute atomic E-state index is 13.1. The third-order valence-corrected chi connectivity index (χ3v) is 3.73. The van der Waals surface area contributed by atoms with Crippen LogP contribution in [0.2, 0.25) is 5.02 Å². The summed E-state index contributed by atoms with van der Waals surface area (Å²) in [6, 6.07) is 13.5. The highest BCUT2D eigenvalue weighted by Crippen LogP contribution is 2.25. The van der Waals surface area contributed by atoms with Crippen molar-refractivity contribution < 1.29 is 4.39 Å². The zero-order valence-electron chi connectivity index (χ0n) is 11.1. The first-order chi connectivity index (χ1) is 10.2. The fourth-order valence-electron chi connectivity index (χ4n) is 1.93. The molecule has 0 radical (unpaired) electrons. The zero-order chi connectivity index (χ0) is 14.8. The second-order valence-electron chi connectivity index (χ2n) is 4.32. The molecule has 0 aliphatic rings. The Balaban J connectivity index is 2.13. The number of hydrogen-bond donors (Lipinski definition) is 0. The molecule has 0 aliphatic carbocycles. The molecule has 0 N–H and O–H groups in total. The Morgan fingerprint density at radius 3 is 2.33 bits per heavy atom. The number of halogens is 2. The van der Waals surface area contributed by atoms with Gasteiger partial charge < -0.3 is 0 Å². The number of aromatic nitrogens is 3. The summed E-state index contributed by atoms with van der Waals surface area (Å²) in [7, 11) is 0. The van der Waals surface area contributed by atoms with Crippen molar-refractivity contribution in [2.24, 2.45) is 0 Å². The Kier molecular flexibility index (Phi) is 3.94. The Hall–Kier alpha value is -1.85. The van der Waals surface area contributed by atoms with Gasteiger partial charge >= 0.3 is 0 Å². The molecule has 0 unspecified atom stereocenters. The van der Waals surface area contributed by atoms with Gasteiger partial charge in [-0.25, -0.2) is 14.1 Å². The van der Waals surface area contributed by atoms with Crippen molar-refractivity contribution in [3.05, 3.63) is 59.4 Å². The van der Waals surface area contributed by atoms with Gasteiger partial charge in [-0.1, -0.05) is 23.4 Å². The van der Waals surface area contributed by atoms with Gasteiger partial charge in [-0.15, -0.1) is 5.10 Å². The van der Waals surface area contributed by atoms with Crippen LogP contribution in [0.4, 0.5) is 4.39 Å². The van der Waals surface area contributed by atoms with Crippen LogP contribution in [0.5, 0.6) is 0 Å². The molecule has 3 rings (SSSR count). The summed E-state index contributed by atoms with van der Waals surface area (Å²) in [5, 5.41) is 5.76. The molecule has 0 atom stereocenters. The first kappa shape index (κ1) is 14.1. The van der Waals surface area contributed by atoms with E-state index < -0.39 is 0 Å². The van der Waals surface area contributed by atoms with Gasteiger partial charge in [-0.2, -0.15) is 0 Å². The quantitative estimate of drug-likeness (QED) is 0.668. The van der Waals surface area contributed by atoms with E-state index in [-0.39, 0.29) is 5.82 Å². The lowest BCUT2D eigenvalue weighted by Crippen LogP contribution is -1.99. The van der Waals surface area contributed by atoms with Crippen molar-refractivity contribution in [2.75, 3.05) is 6.26 Å². The number of nitrogens with zero attached hydrogens (tertiary/aromatic N) is 3. The molecule has 0 bridgehead atoms. The molecule has 0 fully saturated rings. The molecule has 0 saturated carbocycles. The lowest BCUT2D eigenvalue weighted by Gasteiger charge is -2.05. The molecule has 1 heterocycles. The topological polar surface area (TPSA) is 30.7 Å². The van der Waals surface area contributed by atoms with Gasteiger partial charge in [0.2, 0.25) is 5.16 Å². The summed E-state index contributed by atoms with van der Waals surface area (Å²) in [6.45, 7) is 0. The van der Waals surface area contributed by atoms with E-state index in [1.807, 2.05) is 18.4 Å². The third-order valence-electron chi connectivity index (χ3n) is 2.94. The summed E-state index contributed by atoms with van der Waals surface area (Å²) < 4.78 is 14.8. The second-order valence-corrected chi connectivity index (χ2v) is 5.53. The molecule has 6 heteroatoms. The maximum Gasteiger partial charge on any atom is 0.209 e. The predicted octanol–water partition coefficient (Wildman–Crippen LogP) is 4.45. The van der Waals surface area contributed by atoms with E-state index in [1.54, 1.807) is 28.9 Å². The van der Waals surface area contributed by atoms with Crippen molar-refractivity contribution in [2.45, 2.75) is 5.16 Å². The second kappa shape index (κ2) is 5.87. The largest absolute Gasteiger partial charge is 0.212 e. The molecule has 2 aromatic carbocycles. The first-order valence-corrected chi connectivity index (χ1v) is 7.80. The van der Waals surface area contributed by atoms with Crippen molar-refractivity contribution in [1.29, 1.82) is 0 Å². The van der Waals surface area contributed by atoms with Crippen LogP contribution in [0.25, 0.3) is 17.1 Å². The minimum absolute atomic E-state index is 0.281. The fourth-order valence-corrected chi connectivity index (χ4v) is 2.39. The van der Waals surface area contributed by atoms with Crippen LogP contribution in [0.3, 0.4) is 0 Å². The van der Waals surface area contributed by atoms with E-state index in [2.05, 4.69) is 10.1 Å². The van der Waals surface area contributed by atoms with Crippen LogP contribution in [0.1, 0.15) is 0 Å². The van der Waals surface area contributed by atoms with Gasteiger partial charge in [0, 0.05) is 10.6 Å². The van der Waals surface area contributed by atoms with Crippen molar-refractivity contribution >= 4 is 23.4 Å². The Morgan fingerprint density at radius 2 is 1.71 bits per heavy atom. The van der Waals surface area contributed by atoms with Crippen LogP contribution in [-0.2, 0) is 0 Å². The van der Waals surface area contributed by atoms with E-state index in [4.69, 9.17) is 11.6 Å². The van der Waals surface area contributed by atoms with Gasteiger partial charge in [0.25, 0.3) is 0 Å². The van der Waals surface area contributed by atoms with Gasteiger partial charge in [-0.3, -0.25) is 0 Å². The Bertz CT molecular complexity index is 691. The summed E-state index contributed by atoms with van der Waals surface area (Å²) in [4.78, 5) is 4.51. The van der Waals surface area contributed by atoms with Crippen LogP contribution in [-0.4, -0.2) is 21.0 Å². The Labute approximate surface area is 130 Å². The molecule has 21 heavy (non-hydrogen) atoms. The van der Waals surface area contributed by atoms with E-state index in [0.717, 1.165) is 11.3 Å². The average molecular weight is 320 g/mol. The van der Waals surface area contributed by atoms with Gasteiger partial charge in [-0.05, 0) is 54.8 Å². The number of thioether (sulfide) groups is 1. The molecule has 0 saturated heterocycles. The molecular formula is C15H11ClFN3S. The summed E-state index contributed by atoms with van der Waals surface area (Å²) in [6.07, 6.45) is 1.91. The standard InChI is InChI=1S/C15H11ClFN3S/c1-21-15-18-14(10-2-4-11(16)5-3-10)20(19-15)13-8-6-12(17)7-9-13/h2-9H,1H3. The summed E-state index contributed by atoms with van der Waals surface area (Å²) >= 11 is 7.37. The third kappa shape index (κ3) is 2.94. The Morgan fingerprint density at radius 1 is 1.05 bits per heavy atom. The number of benzene rings is 2. The number of hydrogen-bond acceptors (Lipinski definition) is 3. The average Bonchev–Trinajstić information content (AvgIpc) is 2.93. The van der Waals surface area contributed by atoms with E-state index >= 15 is 0 Å². The van der Waals surface area contributed by atoms with Gasteiger partial charge in [0.05, 0.1) is 5.69 Å². The first-order valence-electron chi connectivity index (χ1n) is 6.20. The highest BCUT2D eigenvalue weighted by Gasteiger charge is 2.13. The fraction of sp³-hybridized carbons (Fsp3) is 0.0667. The van der Waals surface area contributed by atoms with Gasteiger partial charge in [0.1, 0.15) is 5.82 Å². The van der Waals surface area contributed by atoms with Crippen molar-refractivity contribution in [1.82, 2.24) is 14.8 Å². The molecular weight excluding hydrogens is 309 g/mol. The summed E-state index contributed by atoms with van der Waals surface area (Å²) in [5.74, 6) is 0.416. The summed E-state index contributed by atoms with van der Waals surface area (Å²) in [5.41, 5.74) is 1.66. The van der Waals surface area contributed by atoms with Crippen molar-refractivity contribution in [3.8, 4) is 17.1 Å².